The zero-order valence-electron chi connectivity index (χ0n) is 15.7. The second kappa shape index (κ2) is 7.64. The molecule has 0 bridgehead atoms. The van der Waals surface area contributed by atoms with E-state index in [1.165, 1.54) is 24.9 Å². The lowest BCUT2D eigenvalue weighted by Crippen LogP contribution is -2.41. The van der Waals surface area contributed by atoms with Gasteiger partial charge < -0.3 is 9.64 Å². The van der Waals surface area contributed by atoms with E-state index in [4.69, 9.17) is 4.74 Å². The van der Waals surface area contributed by atoms with Crippen LogP contribution in [0.15, 0.2) is 53.0 Å². The van der Waals surface area contributed by atoms with Crippen molar-refractivity contribution in [3.05, 3.63) is 58.6 Å². The molecule has 0 amide bonds. The van der Waals surface area contributed by atoms with E-state index in [2.05, 4.69) is 76.3 Å². The van der Waals surface area contributed by atoms with E-state index in [-0.39, 0.29) is 0 Å². The lowest BCUT2D eigenvalue weighted by atomic mass is 9.86. The molecule has 4 atom stereocenters. The zero-order valence-corrected chi connectivity index (χ0v) is 17.3. The highest BCUT2D eigenvalue weighted by atomic mass is 79.9. The van der Waals surface area contributed by atoms with Gasteiger partial charge in [0, 0.05) is 24.3 Å². The van der Waals surface area contributed by atoms with Crippen molar-refractivity contribution >= 4 is 21.6 Å². The van der Waals surface area contributed by atoms with Gasteiger partial charge in [-0.1, -0.05) is 30.3 Å². The number of anilines is 1. The van der Waals surface area contributed by atoms with E-state index >= 15 is 0 Å². The van der Waals surface area contributed by atoms with Crippen molar-refractivity contribution in [2.75, 3.05) is 18.1 Å². The van der Waals surface area contributed by atoms with Crippen LogP contribution < -0.4 is 9.64 Å². The summed E-state index contributed by atoms with van der Waals surface area (Å²) in [7, 11) is 0. The SMILES string of the molecule is CCOc1cc(N2CCC([C@@H]3C[C@H]3c3ccccc3)CC2C)ccc1Br. The van der Waals surface area contributed by atoms with Gasteiger partial charge in [0.2, 0.25) is 0 Å². The average molecular weight is 414 g/mol. The van der Waals surface area contributed by atoms with Gasteiger partial charge in [0.15, 0.2) is 0 Å². The average Bonchev–Trinajstić information content (AvgIpc) is 3.45. The Morgan fingerprint density at radius 3 is 2.65 bits per heavy atom. The van der Waals surface area contributed by atoms with Gasteiger partial charge in [-0.05, 0) is 84.5 Å². The third-order valence-corrected chi connectivity index (χ3v) is 6.79. The van der Waals surface area contributed by atoms with Crippen LogP contribution in [0.5, 0.6) is 5.75 Å². The minimum absolute atomic E-state index is 0.585. The van der Waals surface area contributed by atoms with Crippen LogP contribution in [-0.2, 0) is 0 Å². The number of ether oxygens (including phenoxy) is 1. The number of hydrogen-bond donors (Lipinski definition) is 0. The fraction of sp³-hybridized carbons (Fsp3) is 0.478. The number of nitrogens with zero attached hydrogens (tertiary/aromatic N) is 1. The zero-order chi connectivity index (χ0) is 18.1. The molecule has 4 rings (SSSR count). The van der Waals surface area contributed by atoms with Crippen LogP contribution in [0.25, 0.3) is 0 Å². The van der Waals surface area contributed by atoms with Crippen LogP contribution in [0.1, 0.15) is 44.6 Å². The normalized spacial score (nSPS) is 28.0. The summed E-state index contributed by atoms with van der Waals surface area (Å²) >= 11 is 3.59. The van der Waals surface area contributed by atoms with Crippen LogP contribution in [0.3, 0.4) is 0 Å². The van der Waals surface area contributed by atoms with Gasteiger partial charge in [-0.25, -0.2) is 0 Å². The maximum Gasteiger partial charge on any atom is 0.135 e. The third kappa shape index (κ3) is 3.64. The number of piperidine rings is 1. The summed E-state index contributed by atoms with van der Waals surface area (Å²) < 4.78 is 6.80. The molecule has 0 radical (unpaired) electrons. The summed E-state index contributed by atoms with van der Waals surface area (Å²) in [5, 5.41) is 0. The molecule has 0 N–H and O–H groups in total. The summed E-state index contributed by atoms with van der Waals surface area (Å²) in [5.41, 5.74) is 2.83. The number of benzene rings is 2. The van der Waals surface area contributed by atoms with E-state index < -0.39 is 0 Å². The van der Waals surface area contributed by atoms with E-state index in [0.717, 1.165) is 34.5 Å². The maximum atomic E-state index is 5.76. The third-order valence-electron chi connectivity index (χ3n) is 6.14. The Hall–Kier alpha value is -1.48. The Kier molecular flexibility index (Phi) is 5.26. The van der Waals surface area contributed by atoms with Crippen LogP contribution in [0, 0.1) is 11.8 Å². The predicted octanol–water partition coefficient (Wildman–Crippen LogP) is 6.26. The highest BCUT2D eigenvalue weighted by molar-refractivity contribution is 9.10. The quantitative estimate of drug-likeness (QED) is 0.573. The first kappa shape index (κ1) is 17.9. The summed E-state index contributed by atoms with van der Waals surface area (Å²) in [6.45, 7) is 6.26. The molecule has 1 saturated carbocycles. The molecule has 2 fully saturated rings. The first-order valence-corrected chi connectivity index (χ1v) is 10.7. The van der Waals surface area contributed by atoms with Crippen molar-refractivity contribution in [1.82, 2.24) is 0 Å². The Morgan fingerprint density at radius 2 is 1.92 bits per heavy atom. The molecular formula is C23H28BrNO. The van der Waals surface area contributed by atoms with Gasteiger partial charge >= 0.3 is 0 Å². The molecule has 0 spiro atoms. The Labute approximate surface area is 165 Å². The van der Waals surface area contributed by atoms with Gasteiger partial charge in [-0.2, -0.15) is 0 Å². The lowest BCUT2D eigenvalue weighted by molar-refractivity contribution is 0.314. The second-order valence-corrected chi connectivity index (χ2v) is 8.65. The van der Waals surface area contributed by atoms with Gasteiger partial charge in [0.05, 0.1) is 11.1 Å². The molecule has 2 unspecified atom stereocenters. The molecule has 2 nitrogen and oxygen atoms in total. The summed E-state index contributed by atoms with van der Waals surface area (Å²) in [6, 6.07) is 18.2. The van der Waals surface area contributed by atoms with Crippen molar-refractivity contribution < 1.29 is 4.74 Å². The van der Waals surface area contributed by atoms with E-state index in [1.807, 2.05) is 6.92 Å². The monoisotopic (exact) mass is 413 g/mol. The smallest absolute Gasteiger partial charge is 0.135 e. The van der Waals surface area contributed by atoms with Crippen molar-refractivity contribution in [2.45, 2.75) is 45.1 Å². The molecular weight excluding hydrogens is 386 g/mol. The number of halogens is 1. The first-order valence-electron chi connectivity index (χ1n) is 9.91. The fourth-order valence-electron chi connectivity index (χ4n) is 4.74. The second-order valence-electron chi connectivity index (χ2n) is 7.79. The highest BCUT2D eigenvalue weighted by Crippen LogP contribution is 2.55. The molecule has 1 aliphatic heterocycles. The molecule has 0 aromatic heterocycles. The summed E-state index contributed by atoms with van der Waals surface area (Å²) in [4.78, 5) is 2.56. The van der Waals surface area contributed by atoms with Gasteiger partial charge in [0.25, 0.3) is 0 Å². The van der Waals surface area contributed by atoms with Gasteiger partial charge in [0.1, 0.15) is 5.75 Å². The van der Waals surface area contributed by atoms with Crippen LogP contribution in [0.2, 0.25) is 0 Å². The van der Waals surface area contributed by atoms with Gasteiger partial charge in [-0.3, -0.25) is 0 Å². The molecule has 26 heavy (non-hydrogen) atoms. The van der Waals surface area contributed by atoms with Crippen molar-refractivity contribution in [2.24, 2.45) is 11.8 Å². The highest BCUT2D eigenvalue weighted by Gasteiger charge is 2.45. The van der Waals surface area contributed by atoms with Crippen molar-refractivity contribution in [1.29, 1.82) is 0 Å². The standard InChI is InChI=1S/C23H28BrNO/c1-3-26-23-14-19(9-10-22(23)24)25-12-11-18(13-16(25)2)21-15-20(21)17-7-5-4-6-8-17/h4-10,14,16,18,20-21H,3,11-13,15H2,1-2H3/t16?,18?,20-,21-/m0/s1. The number of rotatable bonds is 5. The van der Waals surface area contributed by atoms with Crippen LogP contribution in [0.4, 0.5) is 5.69 Å². The maximum absolute atomic E-state index is 5.76. The topological polar surface area (TPSA) is 12.5 Å². The van der Waals surface area contributed by atoms with Crippen molar-refractivity contribution in [3.63, 3.8) is 0 Å². The van der Waals surface area contributed by atoms with E-state index in [9.17, 15) is 0 Å². The van der Waals surface area contributed by atoms with Gasteiger partial charge in [-0.15, -0.1) is 0 Å². The molecule has 1 saturated heterocycles. The molecule has 138 valence electrons. The minimum atomic E-state index is 0.585. The van der Waals surface area contributed by atoms with E-state index in [1.54, 1.807) is 5.56 Å². The number of hydrogen-bond acceptors (Lipinski definition) is 2. The summed E-state index contributed by atoms with van der Waals surface area (Å²) in [5.74, 6) is 3.52. The minimum Gasteiger partial charge on any atom is -0.493 e. The molecule has 2 aromatic rings. The predicted molar refractivity (Wildman–Crippen MR) is 112 cm³/mol. The first-order chi connectivity index (χ1) is 12.7. The summed E-state index contributed by atoms with van der Waals surface area (Å²) in [6.07, 6.45) is 3.99. The molecule has 2 aliphatic rings. The van der Waals surface area contributed by atoms with Crippen LogP contribution >= 0.6 is 15.9 Å². The van der Waals surface area contributed by atoms with Crippen LogP contribution in [-0.4, -0.2) is 19.2 Å². The molecule has 1 aliphatic carbocycles. The largest absolute Gasteiger partial charge is 0.493 e. The van der Waals surface area contributed by atoms with E-state index in [0.29, 0.717) is 12.6 Å². The lowest BCUT2D eigenvalue weighted by Gasteiger charge is -2.40. The Morgan fingerprint density at radius 1 is 1.12 bits per heavy atom. The fourth-order valence-corrected chi connectivity index (χ4v) is 5.10. The molecule has 3 heteroatoms. The van der Waals surface area contributed by atoms with Crippen molar-refractivity contribution in [3.8, 4) is 5.75 Å². The molecule has 1 heterocycles. The Balaban J connectivity index is 1.41. The molecule has 2 aromatic carbocycles. The Bertz CT molecular complexity index is 747.